The summed E-state index contributed by atoms with van der Waals surface area (Å²) in [7, 11) is 0. The molecule has 42 heavy (non-hydrogen) atoms. The fourth-order valence-electron chi connectivity index (χ4n) is 10.5. The lowest BCUT2D eigenvalue weighted by Gasteiger charge is -2.57. The van der Waals surface area contributed by atoms with E-state index in [0.717, 1.165) is 17.8 Å². The van der Waals surface area contributed by atoms with Gasteiger partial charge in [-0.1, -0.05) is 121 Å². The summed E-state index contributed by atoms with van der Waals surface area (Å²) in [6.45, 7) is 2.28. The first-order valence-electron chi connectivity index (χ1n) is 16.1. The predicted molar refractivity (Wildman–Crippen MR) is 174 cm³/mol. The van der Waals surface area contributed by atoms with Gasteiger partial charge in [-0.25, -0.2) is 0 Å². The van der Waals surface area contributed by atoms with Crippen molar-refractivity contribution in [1.82, 2.24) is 0 Å². The van der Waals surface area contributed by atoms with Crippen LogP contribution in [-0.4, -0.2) is 0 Å². The van der Waals surface area contributed by atoms with Gasteiger partial charge in [-0.2, -0.15) is 0 Å². The first-order valence-corrected chi connectivity index (χ1v) is 16.1. The zero-order chi connectivity index (χ0) is 27.9. The highest BCUT2D eigenvalue weighted by atomic mass is 14.6. The second-order valence-corrected chi connectivity index (χ2v) is 14.0. The van der Waals surface area contributed by atoms with E-state index in [1.165, 1.54) is 88.6 Å². The molecule has 4 saturated carbocycles. The van der Waals surface area contributed by atoms with Crippen LogP contribution >= 0.6 is 0 Å². The van der Waals surface area contributed by atoms with Gasteiger partial charge in [0.25, 0.3) is 0 Å². The van der Waals surface area contributed by atoms with Gasteiger partial charge in [0.1, 0.15) is 0 Å². The van der Waals surface area contributed by atoms with Gasteiger partial charge >= 0.3 is 0 Å². The minimum Gasteiger partial charge on any atom is -0.0622 e. The second-order valence-electron chi connectivity index (χ2n) is 14.0. The van der Waals surface area contributed by atoms with Gasteiger partial charge in [0, 0.05) is 0 Å². The number of benzene rings is 5. The van der Waals surface area contributed by atoms with E-state index in [9.17, 15) is 0 Å². The van der Waals surface area contributed by atoms with E-state index < -0.39 is 0 Å². The standard InChI is InChI=1S/C42H38/c1-28-10-8-17-38-39(28)37-16-9-15-36(40(37)42(38,34-11-4-2-5-12-34)35-13-6-3-7-14-35)32-18-20-33(21-19-32)41-25-29-22-30(26-41)24-31(23-29)27-41/h2-21,29-31H,22-27H2,1H3. The maximum absolute atomic E-state index is 2.52. The molecule has 0 radical (unpaired) electrons. The molecular weight excluding hydrogens is 504 g/mol. The van der Waals surface area contributed by atoms with E-state index in [0.29, 0.717) is 5.41 Å². The molecule has 0 aliphatic heterocycles. The van der Waals surface area contributed by atoms with Crippen molar-refractivity contribution in [2.75, 3.05) is 0 Å². The number of hydrogen-bond donors (Lipinski definition) is 0. The summed E-state index contributed by atoms with van der Waals surface area (Å²) in [5.74, 6) is 2.90. The third kappa shape index (κ3) is 3.36. The van der Waals surface area contributed by atoms with Crippen LogP contribution in [0.3, 0.4) is 0 Å². The van der Waals surface area contributed by atoms with Crippen molar-refractivity contribution in [3.8, 4) is 22.3 Å². The Hall–Kier alpha value is -3.90. The van der Waals surface area contributed by atoms with E-state index in [4.69, 9.17) is 0 Å². The molecule has 10 rings (SSSR count). The molecule has 0 heteroatoms. The van der Waals surface area contributed by atoms with Crippen LogP contribution in [0.25, 0.3) is 22.3 Å². The summed E-state index contributed by atoms with van der Waals surface area (Å²) in [6, 6.07) is 46.3. The maximum atomic E-state index is 2.52. The quantitative estimate of drug-likeness (QED) is 0.208. The molecular formula is C42H38. The largest absolute Gasteiger partial charge is 0.0719 e. The highest BCUT2D eigenvalue weighted by Crippen LogP contribution is 2.62. The van der Waals surface area contributed by atoms with E-state index >= 15 is 0 Å². The van der Waals surface area contributed by atoms with Crippen molar-refractivity contribution in [2.45, 2.75) is 56.3 Å². The topological polar surface area (TPSA) is 0 Å². The highest BCUT2D eigenvalue weighted by Gasteiger charge is 2.52. The van der Waals surface area contributed by atoms with Gasteiger partial charge in [0.2, 0.25) is 0 Å². The molecule has 5 aromatic carbocycles. The fourth-order valence-corrected chi connectivity index (χ4v) is 10.5. The van der Waals surface area contributed by atoms with Crippen molar-refractivity contribution in [2.24, 2.45) is 17.8 Å². The Morgan fingerprint density at radius 2 is 1.05 bits per heavy atom. The molecule has 4 bridgehead atoms. The van der Waals surface area contributed by atoms with Crippen LogP contribution in [0.1, 0.15) is 71.9 Å². The molecule has 0 aromatic heterocycles. The van der Waals surface area contributed by atoms with E-state index in [1.54, 1.807) is 5.56 Å². The number of fused-ring (bicyclic) bond motifs is 3. The molecule has 0 saturated heterocycles. The number of rotatable bonds is 4. The molecule has 0 nitrogen and oxygen atoms in total. The second kappa shape index (κ2) is 9.05. The number of aryl methyl sites for hydroxylation is 1. The maximum Gasteiger partial charge on any atom is 0.0719 e. The van der Waals surface area contributed by atoms with Gasteiger partial charge in [-0.3, -0.25) is 0 Å². The summed E-state index contributed by atoms with van der Waals surface area (Å²) in [4.78, 5) is 0. The Morgan fingerprint density at radius 1 is 0.500 bits per heavy atom. The Bertz CT molecular complexity index is 1720. The molecule has 0 heterocycles. The predicted octanol–water partition coefficient (Wildman–Crippen LogP) is 10.5. The van der Waals surface area contributed by atoms with E-state index in [1.807, 2.05) is 0 Å². The molecule has 0 N–H and O–H groups in total. The molecule has 5 aliphatic rings. The molecule has 0 unspecified atom stereocenters. The highest BCUT2D eigenvalue weighted by molar-refractivity contribution is 5.93. The third-order valence-corrected chi connectivity index (χ3v) is 11.6. The van der Waals surface area contributed by atoms with Crippen molar-refractivity contribution in [3.63, 3.8) is 0 Å². The zero-order valence-electron chi connectivity index (χ0n) is 24.5. The summed E-state index contributed by atoms with van der Waals surface area (Å²) >= 11 is 0. The lowest BCUT2D eigenvalue weighted by Crippen LogP contribution is -2.48. The van der Waals surface area contributed by atoms with Crippen LogP contribution in [-0.2, 0) is 10.8 Å². The Balaban J connectivity index is 1.27. The lowest BCUT2D eigenvalue weighted by atomic mass is 9.48. The van der Waals surface area contributed by atoms with Crippen LogP contribution in [0.5, 0.6) is 0 Å². The summed E-state index contributed by atoms with van der Waals surface area (Å²) < 4.78 is 0. The molecule has 0 amide bonds. The molecule has 5 aromatic rings. The van der Waals surface area contributed by atoms with Crippen molar-refractivity contribution in [3.05, 3.63) is 155 Å². The minimum absolute atomic E-state index is 0.381. The lowest BCUT2D eigenvalue weighted by molar-refractivity contribution is -0.00518. The molecule has 206 valence electrons. The van der Waals surface area contributed by atoms with Gasteiger partial charge in [-0.15, -0.1) is 0 Å². The number of hydrogen-bond acceptors (Lipinski definition) is 0. The average molecular weight is 543 g/mol. The van der Waals surface area contributed by atoms with Crippen molar-refractivity contribution in [1.29, 1.82) is 0 Å². The first kappa shape index (κ1) is 24.7. The average Bonchev–Trinajstić information content (AvgIpc) is 3.34. The Morgan fingerprint density at radius 3 is 1.64 bits per heavy atom. The van der Waals surface area contributed by atoms with Crippen LogP contribution < -0.4 is 0 Å². The van der Waals surface area contributed by atoms with Gasteiger partial charge in [0.05, 0.1) is 5.41 Å². The summed E-state index contributed by atoms with van der Waals surface area (Å²) in [5, 5.41) is 0. The van der Waals surface area contributed by atoms with Crippen LogP contribution in [0.2, 0.25) is 0 Å². The van der Waals surface area contributed by atoms with E-state index in [2.05, 4.69) is 128 Å². The Kier molecular flexibility index (Phi) is 5.32. The first-order chi connectivity index (χ1) is 20.7. The molecule has 0 atom stereocenters. The zero-order valence-corrected chi connectivity index (χ0v) is 24.5. The fraction of sp³-hybridized carbons (Fsp3) is 0.286. The molecule has 5 aliphatic carbocycles. The van der Waals surface area contributed by atoms with Crippen LogP contribution in [0, 0.1) is 24.7 Å². The SMILES string of the molecule is Cc1cccc2c1-c1cccc(-c3ccc(C45CC6CC(CC(C6)C4)C5)cc3)c1C2(c1ccccc1)c1ccccc1. The van der Waals surface area contributed by atoms with Gasteiger partial charge in [0.15, 0.2) is 0 Å². The minimum atomic E-state index is -0.381. The van der Waals surface area contributed by atoms with Crippen LogP contribution in [0.4, 0.5) is 0 Å². The summed E-state index contributed by atoms with van der Waals surface area (Å²) in [5.41, 5.74) is 13.9. The van der Waals surface area contributed by atoms with Crippen molar-refractivity contribution >= 4 is 0 Å². The molecule has 0 spiro atoms. The molecule has 4 fully saturated rings. The van der Waals surface area contributed by atoms with Gasteiger partial charge in [-0.05, 0) is 124 Å². The van der Waals surface area contributed by atoms with Gasteiger partial charge < -0.3 is 0 Å². The van der Waals surface area contributed by atoms with Crippen molar-refractivity contribution < 1.29 is 0 Å². The monoisotopic (exact) mass is 542 g/mol. The Labute approximate surface area is 250 Å². The summed E-state index contributed by atoms with van der Waals surface area (Å²) in [6.07, 6.45) is 8.73. The third-order valence-electron chi connectivity index (χ3n) is 11.6. The van der Waals surface area contributed by atoms with E-state index in [-0.39, 0.29) is 5.41 Å². The smallest absolute Gasteiger partial charge is 0.0622 e. The van der Waals surface area contributed by atoms with Crippen LogP contribution in [0.15, 0.2) is 121 Å². The normalized spacial score (nSPS) is 26.2.